The van der Waals surface area contributed by atoms with Crippen LogP contribution >= 0.6 is 0 Å². The summed E-state index contributed by atoms with van der Waals surface area (Å²) in [5, 5.41) is 0. The smallest absolute Gasteiger partial charge is 0.267 e. The molecule has 1 saturated carbocycles. The summed E-state index contributed by atoms with van der Waals surface area (Å²) < 4.78 is 3.79. The van der Waals surface area contributed by atoms with Crippen LogP contribution in [-0.4, -0.2) is 14.2 Å². The lowest BCUT2D eigenvalue weighted by atomic mass is 10.2. The SMILES string of the molecule is CCCc1c(=O)n(C2CC2)n2cccnc12. The molecule has 4 heteroatoms. The summed E-state index contributed by atoms with van der Waals surface area (Å²) in [6, 6.07) is 2.27. The molecule has 3 rings (SSSR count). The van der Waals surface area contributed by atoms with Gasteiger partial charge in [-0.1, -0.05) is 13.3 Å². The van der Waals surface area contributed by atoms with Crippen LogP contribution < -0.4 is 5.56 Å². The lowest BCUT2D eigenvalue weighted by molar-refractivity contribution is 0.576. The van der Waals surface area contributed by atoms with E-state index in [4.69, 9.17) is 0 Å². The van der Waals surface area contributed by atoms with E-state index < -0.39 is 0 Å². The Bertz CT molecular complexity index is 577. The first-order valence-corrected chi connectivity index (χ1v) is 5.89. The van der Waals surface area contributed by atoms with Crippen LogP contribution in [0.3, 0.4) is 0 Å². The predicted octanol–water partition coefficient (Wildman–Crippen LogP) is 1.78. The monoisotopic (exact) mass is 217 g/mol. The maximum Gasteiger partial charge on any atom is 0.272 e. The van der Waals surface area contributed by atoms with E-state index in [2.05, 4.69) is 11.9 Å². The molecule has 1 fully saturated rings. The summed E-state index contributed by atoms with van der Waals surface area (Å²) in [6.07, 6.45) is 7.72. The first-order valence-electron chi connectivity index (χ1n) is 5.89. The molecule has 1 aliphatic carbocycles. The molecule has 0 atom stereocenters. The Morgan fingerprint density at radius 3 is 3.00 bits per heavy atom. The Kier molecular flexibility index (Phi) is 2.09. The van der Waals surface area contributed by atoms with Crippen molar-refractivity contribution < 1.29 is 0 Å². The molecule has 2 aromatic heterocycles. The molecule has 1 aliphatic rings. The fraction of sp³-hybridized carbons (Fsp3) is 0.500. The summed E-state index contributed by atoms with van der Waals surface area (Å²) in [7, 11) is 0. The summed E-state index contributed by atoms with van der Waals surface area (Å²) >= 11 is 0. The Labute approximate surface area is 93.5 Å². The lowest BCUT2D eigenvalue weighted by Crippen LogP contribution is -2.20. The van der Waals surface area contributed by atoms with Gasteiger partial charge in [-0.25, -0.2) is 14.2 Å². The van der Waals surface area contributed by atoms with Gasteiger partial charge in [0.25, 0.3) is 5.56 Å². The molecule has 0 aromatic carbocycles. The number of hydrogen-bond donors (Lipinski definition) is 0. The number of rotatable bonds is 3. The minimum Gasteiger partial charge on any atom is -0.267 e. The molecule has 0 bridgehead atoms. The van der Waals surface area contributed by atoms with E-state index in [9.17, 15) is 4.79 Å². The fourth-order valence-corrected chi connectivity index (χ4v) is 2.21. The second kappa shape index (κ2) is 3.47. The molecule has 0 spiro atoms. The van der Waals surface area contributed by atoms with Gasteiger partial charge >= 0.3 is 0 Å². The molecule has 0 unspecified atom stereocenters. The largest absolute Gasteiger partial charge is 0.272 e. The third-order valence-electron chi connectivity index (χ3n) is 3.09. The van der Waals surface area contributed by atoms with E-state index in [0.29, 0.717) is 6.04 Å². The highest BCUT2D eigenvalue weighted by atomic mass is 16.1. The van der Waals surface area contributed by atoms with Gasteiger partial charge < -0.3 is 0 Å². The third kappa shape index (κ3) is 1.29. The van der Waals surface area contributed by atoms with Crippen LogP contribution in [0.1, 0.15) is 37.8 Å². The standard InChI is InChI=1S/C12H15N3O/c1-2-4-10-11-13-7-3-8-14(11)15(12(10)16)9-5-6-9/h3,7-9H,2,4-6H2,1H3. The van der Waals surface area contributed by atoms with Crippen molar-refractivity contribution in [2.45, 2.75) is 38.6 Å². The van der Waals surface area contributed by atoms with Crippen molar-refractivity contribution in [3.63, 3.8) is 0 Å². The highest BCUT2D eigenvalue weighted by Gasteiger charge is 2.29. The summed E-state index contributed by atoms with van der Waals surface area (Å²) in [5.41, 5.74) is 1.86. The van der Waals surface area contributed by atoms with Crippen molar-refractivity contribution in [1.29, 1.82) is 0 Å². The number of hydrogen-bond acceptors (Lipinski definition) is 2. The van der Waals surface area contributed by atoms with Gasteiger partial charge in [0.05, 0.1) is 11.6 Å². The normalized spacial score (nSPS) is 15.8. The van der Waals surface area contributed by atoms with E-state index in [0.717, 1.165) is 36.9 Å². The van der Waals surface area contributed by atoms with Gasteiger partial charge in [-0.3, -0.25) is 4.79 Å². The van der Waals surface area contributed by atoms with Crippen molar-refractivity contribution in [3.05, 3.63) is 34.4 Å². The fourth-order valence-electron chi connectivity index (χ4n) is 2.21. The van der Waals surface area contributed by atoms with Crippen molar-refractivity contribution in [2.24, 2.45) is 0 Å². The van der Waals surface area contributed by atoms with Gasteiger partial charge in [0.2, 0.25) is 0 Å². The maximum atomic E-state index is 12.3. The molecule has 0 N–H and O–H groups in total. The topological polar surface area (TPSA) is 39.3 Å². The predicted molar refractivity (Wildman–Crippen MR) is 61.7 cm³/mol. The van der Waals surface area contributed by atoms with Gasteiger partial charge in [0.15, 0.2) is 5.65 Å². The molecule has 0 radical (unpaired) electrons. The lowest BCUT2D eigenvalue weighted by Gasteiger charge is -2.01. The zero-order valence-corrected chi connectivity index (χ0v) is 9.39. The zero-order chi connectivity index (χ0) is 11.1. The van der Waals surface area contributed by atoms with Gasteiger partial charge in [-0.15, -0.1) is 0 Å². The second-order valence-electron chi connectivity index (χ2n) is 4.40. The van der Waals surface area contributed by atoms with E-state index in [1.807, 2.05) is 21.5 Å². The molecule has 84 valence electrons. The molecule has 2 heterocycles. The molecular weight excluding hydrogens is 202 g/mol. The van der Waals surface area contributed by atoms with Crippen molar-refractivity contribution in [2.75, 3.05) is 0 Å². The first-order chi connectivity index (χ1) is 7.83. The molecule has 16 heavy (non-hydrogen) atoms. The van der Waals surface area contributed by atoms with Crippen LogP contribution in [0.2, 0.25) is 0 Å². The van der Waals surface area contributed by atoms with Crippen LogP contribution in [-0.2, 0) is 6.42 Å². The number of fused-ring (bicyclic) bond motifs is 1. The van der Waals surface area contributed by atoms with Crippen molar-refractivity contribution in [1.82, 2.24) is 14.2 Å². The third-order valence-corrected chi connectivity index (χ3v) is 3.09. The Morgan fingerprint density at radius 2 is 2.31 bits per heavy atom. The van der Waals surface area contributed by atoms with E-state index >= 15 is 0 Å². The molecule has 0 saturated heterocycles. The van der Waals surface area contributed by atoms with Crippen molar-refractivity contribution in [3.8, 4) is 0 Å². The van der Waals surface area contributed by atoms with Crippen LogP contribution in [0.4, 0.5) is 0 Å². The highest BCUT2D eigenvalue weighted by molar-refractivity contribution is 5.46. The van der Waals surface area contributed by atoms with Gasteiger partial charge in [0.1, 0.15) is 0 Å². The minimum atomic E-state index is 0.156. The number of aromatic nitrogens is 3. The molecule has 0 amide bonds. The zero-order valence-electron chi connectivity index (χ0n) is 9.39. The van der Waals surface area contributed by atoms with Crippen LogP contribution in [0.15, 0.2) is 23.3 Å². The summed E-state index contributed by atoms with van der Waals surface area (Å²) in [6.45, 7) is 2.09. The quantitative estimate of drug-likeness (QED) is 0.786. The molecule has 4 nitrogen and oxygen atoms in total. The minimum absolute atomic E-state index is 0.156. The van der Waals surface area contributed by atoms with E-state index in [1.54, 1.807) is 6.20 Å². The van der Waals surface area contributed by atoms with Gasteiger partial charge in [-0.2, -0.15) is 0 Å². The van der Waals surface area contributed by atoms with E-state index in [-0.39, 0.29) is 5.56 Å². The summed E-state index contributed by atoms with van der Waals surface area (Å²) in [4.78, 5) is 16.6. The van der Waals surface area contributed by atoms with Crippen LogP contribution in [0.25, 0.3) is 5.65 Å². The Balaban J connectivity index is 2.32. The van der Waals surface area contributed by atoms with Crippen molar-refractivity contribution >= 4 is 5.65 Å². The van der Waals surface area contributed by atoms with Gasteiger partial charge in [-0.05, 0) is 25.3 Å². The molecule has 0 aliphatic heterocycles. The summed E-state index contributed by atoms with van der Waals surface area (Å²) in [5.74, 6) is 0. The molecular formula is C12H15N3O. The number of aryl methyl sites for hydroxylation is 1. The average molecular weight is 217 g/mol. The highest BCUT2D eigenvalue weighted by Crippen LogP contribution is 2.33. The average Bonchev–Trinajstić information content (AvgIpc) is 3.08. The molecule has 2 aromatic rings. The number of nitrogens with zero attached hydrogens (tertiary/aromatic N) is 3. The van der Waals surface area contributed by atoms with Gasteiger partial charge in [0, 0.05) is 12.4 Å². The van der Waals surface area contributed by atoms with Crippen LogP contribution in [0.5, 0.6) is 0 Å². The second-order valence-corrected chi connectivity index (χ2v) is 4.40. The Hall–Kier alpha value is -1.58. The maximum absolute atomic E-state index is 12.3. The Morgan fingerprint density at radius 1 is 1.50 bits per heavy atom. The van der Waals surface area contributed by atoms with Crippen LogP contribution in [0, 0.1) is 0 Å². The van der Waals surface area contributed by atoms with E-state index in [1.165, 1.54) is 0 Å². The first kappa shape index (κ1) is 9.63.